The topological polar surface area (TPSA) is 38.5 Å². The Balaban J connectivity index is 2.08. The second kappa shape index (κ2) is 5.78. The summed E-state index contributed by atoms with van der Waals surface area (Å²) in [5.41, 5.74) is 1.87. The largest absolute Gasteiger partial charge is 0.497 e. The summed E-state index contributed by atoms with van der Waals surface area (Å²) < 4.78 is 10.5. The molecule has 0 aliphatic heterocycles. The molecular formula is C13H15ClN2O2. The van der Waals surface area contributed by atoms with Crippen LogP contribution in [0.4, 0.5) is 6.01 Å². The number of nitrogens with zero attached hydrogens (tertiary/aromatic N) is 2. The third kappa shape index (κ3) is 2.96. The van der Waals surface area contributed by atoms with Crippen molar-refractivity contribution in [3.63, 3.8) is 0 Å². The fraction of sp³-hybridized carbons (Fsp3) is 0.308. The summed E-state index contributed by atoms with van der Waals surface area (Å²) in [5.74, 6) is 1.20. The van der Waals surface area contributed by atoms with Gasteiger partial charge in [0.2, 0.25) is 0 Å². The van der Waals surface area contributed by atoms with Crippen LogP contribution in [0.25, 0.3) is 0 Å². The Morgan fingerprint density at radius 3 is 2.94 bits per heavy atom. The number of hydrogen-bond donors (Lipinski definition) is 0. The molecule has 0 N–H and O–H groups in total. The lowest BCUT2D eigenvalue weighted by Crippen LogP contribution is -2.16. The zero-order chi connectivity index (χ0) is 13.0. The maximum atomic E-state index is 5.69. The molecule has 2 rings (SSSR count). The van der Waals surface area contributed by atoms with Crippen molar-refractivity contribution in [2.24, 2.45) is 0 Å². The van der Waals surface area contributed by atoms with Gasteiger partial charge >= 0.3 is 0 Å². The van der Waals surface area contributed by atoms with E-state index in [0.717, 1.165) is 17.0 Å². The van der Waals surface area contributed by atoms with Gasteiger partial charge in [0.25, 0.3) is 6.01 Å². The van der Waals surface area contributed by atoms with Crippen molar-refractivity contribution >= 4 is 17.6 Å². The van der Waals surface area contributed by atoms with Crippen molar-refractivity contribution in [3.8, 4) is 5.75 Å². The minimum Gasteiger partial charge on any atom is -0.497 e. The molecule has 1 aromatic carbocycles. The molecule has 0 saturated carbocycles. The number of anilines is 1. The van der Waals surface area contributed by atoms with Crippen LogP contribution in [0.15, 0.2) is 34.9 Å². The molecule has 2 aromatic rings. The minimum absolute atomic E-state index is 0.358. The Hall–Kier alpha value is -1.68. The van der Waals surface area contributed by atoms with Crippen LogP contribution in [-0.4, -0.2) is 19.1 Å². The van der Waals surface area contributed by atoms with E-state index in [2.05, 4.69) is 4.98 Å². The molecule has 0 bridgehead atoms. The van der Waals surface area contributed by atoms with E-state index in [1.165, 1.54) is 0 Å². The van der Waals surface area contributed by atoms with E-state index < -0.39 is 0 Å². The van der Waals surface area contributed by atoms with Gasteiger partial charge in [-0.2, -0.15) is 4.98 Å². The third-order valence-corrected chi connectivity index (χ3v) is 2.83. The molecule has 0 spiro atoms. The van der Waals surface area contributed by atoms with Crippen LogP contribution in [0.3, 0.4) is 0 Å². The van der Waals surface area contributed by atoms with E-state index in [-0.39, 0.29) is 0 Å². The smallest absolute Gasteiger partial charge is 0.297 e. The first-order valence-electron chi connectivity index (χ1n) is 5.57. The lowest BCUT2D eigenvalue weighted by molar-refractivity contribution is 0.414. The zero-order valence-electron chi connectivity index (χ0n) is 10.4. The standard InChI is InChI=1S/C13H15ClN2O2/c1-16(13-15-11(7-14)9-18-13)8-10-4-3-5-12(6-10)17-2/h3-6,9H,7-8H2,1-2H3. The monoisotopic (exact) mass is 266 g/mol. The summed E-state index contributed by atoms with van der Waals surface area (Å²) in [6.45, 7) is 0.694. The number of alkyl halides is 1. The summed E-state index contributed by atoms with van der Waals surface area (Å²) in [6, 6.07) is 8.46. The van der Waals surface area contributed by atoms with Gasteiger partial charge in [-0.25, -0.2) is 0 Å². The number of rotatable bonds is 5. The van der Waals surface area contributed by atoms with Crippen LogP contribution in [0, 0.1) is 0 Å². The minimum atomic E-state index is 0.358. The molecular weight excluding hydrogens is 252 g/mol. The number of oxazole rings is 1. The van der Waals surface area contributed by atoms with Gasteiger partial charge in [0, 0.05) is 13.6 Å². The number of halogens is 1. The fourth-order valence-corrected chi connectivity index (χ4v) is 1.77. The number of aromatic nitrogens is 1. The predicted octanol–water partition coefficient (Wildman–Crippen LogP) is 3.06. The van der Waals surface area contributed by atoms with E-state index in [0.29, 0.717) is 18.4 Å². The summed E-state index contributed by atoms with van der Waals surface area (Å²) in [6.07, 6.45) is 1.57. The van der Waals surface area contributed by atoms with E-state index in [1.54, 1.807) is 13.4 Å². The van der Waals surface area contributed by atoms with Gasteiger partial charge in [-0.1, -0.05) is 12.1 Å². The van der Waals surface area contributed by atoms with Gasteiger partial charge in [-0.3, -0.25) is 0 Å². The second-order valence-corrected chi connectivity index (χ2v) is 4.23. The van der Waals surface area contributed by atoms with Crippen molar-refractivity contribution in [3.05, 3.63) is 41.8 Å². The molecule has 96 valence electrons. The highest BCUT2D eigenvalue weighted by molar-refractivity contribution is 6.16. The van der Waals surface area contributed by atoms with Crippen LogP contribution in [-0.2, 0) is 12.4 Å². The Labute approximate surface area is 111 Å². The molecule has 0 atom stereocenters. The lowest BCUT2D eigenvalue weighted by atomic mass is 10.2. The van der Waals surface area contributed by atoms with Gasteiger partial charge in [0.1, 0.15) is 12.0 Å². The molecule has 18 heavy (non-hydrogen) atoms. The molecule has 0 amide bonds. The van der Waals surface area contributed by atoms with E-state index >= 15 is 0 Å². The molecule has 1 aromatic heterocycles. The predicted molar refractivity (Wildman–Crippen MR) is 71.2 cm³/mol. The van der Waals surface area contributed by atoms with Crippen LogP contribution in [0.1, 0.15) is 11.3 Å². The van der Waals surface area contributed by atoms with Gasteiger partial charge in [0.15, 0.2) is 0 Å². The average Bonchev–Trinajstić information content (AvgIpc) is 2.88. The zero-order valence-corrected chi connectivity index (χ0v) is 11.1. The van der Waals surface area contributed by atoms with Crippen molar-refractivity contribution < 1.29 is 9.15 Å². The Bertz CT molecular complexity index is 513. The molecule has 1 heterocycles. The fourth-order valence-electron chi connectivity index (χ4n) is 1.65. The van der Waals surface area contributed by atoms with Crippen LogP contribution in [0.2, 0.25) is 0 Å². The molecule has 0 radical (unpaired) electrons. The molecule has 0 fully saturated rings. The van der Waals surface area contributed by atoms with Crippen molar-refractivity contribution in [1.82, 2.24) is 4.98 Å². The summed E-state index contributed by atoms with van der Waals surface area (Å²) in [4.78, 5) is 6.18. The highest BCUT2D eigenvalue weighted by Gasteiger charge is 2.09. The van der Waals surface area contributed by atoms with Gasteiger partial charge in [-0.15, -0.1) is 11.6 Å². The Morgan fingerprint density at radius 2 is 2.28 bits per heavy atom. The van der Waals surface area contributed by atoms with Crippen molar-refractivity contribution in [2.75, 3.05) is 19.1 Å². The normalized spacial score (nSPS) is 10.4. The number of benzene rings is 1. The highest BCUT2D eigenvalue weighted by atomic mass is 35.5. The summed E-state index contributed by atoms with van der Waals surface area (Å²) in [5, 5.41) is 0. The van der Waals surface area contributed by atoms with Crippen LogP contribution >= 0.6 is 11.6 Å². The molecule has 0 saturated heterocycles. The second-order valence-electron chi connectivity index (χ2n) is 3.96. The van der Waals surface area contributed by atoms with E-state index in [4.69, 9.17) is 20.8 Å². The van der Waals surface area contributed by atoms with Gasteiger partial charge in [-0.05, 0) is 17.7 Å². The average molecular weight is 267 g/mol. The highest BCUT2D eigenvalue weighted by Crippen LogP contribution is 2.18. The molecule has 4 nitrogen and oxygen atoms in total. The van der Waals surface area contributed by atoms with Gasteiger partial charge in [0.05, 0.1) is 18.7 Å². The SMILES string of the molecule is COc1cccc(CN(C)c2nc(CCl)co2)c1. The molecule has 0 aliphatic carbocycles. The van der Waals surface area contributed by atoms with Crippen LogP contribution < -0.4 is 9.64 Å². The first-order valence-corrected chi connectivity index (χ1v) is 6.11. The molecule has 0 aliphatic rings. The number of methoxy groups -OCH3 is 1. The lowest BCUT2D eigenvalue weighted by Gasteiger charge is -2.14. The van der Waals surface area contributed by atoms with Crippen LogP contribution in [0.5, 0.6) is 5.75 Å². The van der Waals surface area contributed by atoms with Crippen molar-refractivity contribution in [2.45, 2.75) is 12.4 Å². The summed E-state index contributed by atoms with van der Waals surface area (Å²) in [7, 11) is 3.58. The van der Waals surface area contributed by atoms with E-state index in [1.807, 2.05) is 36.2 Å². The Kier molecular flexibility index (Phi) is 4.10. The summed E-state index contributed by atoms with van der Waals surface area (Å²) >= 11 is 5.69. The van der Waals surface area contributed by atoms with E-state index in [9.17, 15) is 0 Å². The van der Waals surface area contributed by atoms with Gasteiger partial charge < -0.3 is 14.1 Å². The number of hydrogen-bond acceptors (Lipinski definition) is 4. The maximum absolute atomic E-state index is 5.69. The molecule has 0 unspecified atom stereocenters. The first-order chi connectivity index (χ1) is 8.72. The quantitative estimate of drug-likeness (QED) is 0.780. The maximum Gasteiger partial charge on any atom is 0.297 e. The first kappa shape index (κ1) is 12.8. The Morgan fingerprint density at radius 1 is 1.44 bits per heavy atom. The number of ether oxygens (including phenoxy) is 1. The third-order valence-electron chi connectivity index (χ3n) is 2.56. The molecule has 5 heteroatoms. The van der Waals surface area contributed by atoms with Crippen molar-refractivity contribution in [1.29, 1.82) is 0 Å².